The van der Waals surface area contributed by atoms with Gasteiger partial charge in [-0.3, -0.25) is 14.4 Å². The van der Waals surface area contributed by atoms with Crippen molar-refractivity contribution < 1.29 is 107 Å². The minimum absolute atomic E-state index is 0.0450. The molecule has 0 bridgehead atoms. The molecule has 8 rings (SSSR count). The van der Waals surface area contributed by atoms with Crippen LogP contribution in [0.1, 0.15) is 113 Å². The second kappa shape index (κ2) is 19.7. The molecule has 3 aliphatic carbocycles. The van der Waals surface area contributed by atoms with Gasteiger partial charge in [-0.15, -0.1) is 0 Å². The first-order chi connectivity index (χ1) is 33.2. The number of nitrogens with two attached hydrogens (primary N) is 1. The van der Waals surface area contributed by atoms with Gasteiger partial charge in [0.2, 0.25) is 0 Å². The van der Waals surface area contributed by atoms with Gasteiger partial charge in [-0.25, -0.2) is 4.79 Å². The molecule has 0 spiro atoms. The molecule has 4 saturated heterocycles. The number of aliphatic hydroxyl groups is 7. The topological polar surface area (TPSA) is 348 Å². The number of fused-ring (bicyclic) bond motifs is 3. The lowest BCUT2D eigenvalue weighted by molar-refractivity contribution is -0.336. The molecule has 23 heteroatoms. The first-order valence-corrected chi connectivity index (χ1v) is 23.8. The molecule has 0 unspecified atom stereocenters. The van der Waals surface area contributed by atoms with Crippen LogP contribution in [0.5, 0.6) is 5.75 Å². The Morgan fingerprint density at radius 2 is 1.41 bits per heavy atom. The Morgan fingerprint density at radius 1 is 0.761 bits per heavy atom. The number of phenolic OH excluding ortho intramolecular Hbond substituents is 1. The van der Waals surface area contributed by atoms with Gasteiger partial charge in [-0.05, 0) is 59.6 Å². The third-order valence-corrected chi connectivity index (χ3v) is 15.1. The third-order valence-electron chi connectivity index (χ3n) is 15.1. The predicted molar refractivity (Wildman–Crippen MR) is 237 cm³/mol. The van der Waals surface area contributed by atoms with Gasteiger partial charge in [-0.2, -0.15) is 0 Å². The lowest BCUT2D eigenvalue weighted by Gasteiger charge is -2.59. The molecule has 23 nitrogen and oxygen atoms in total. The van der Waals surface area contributed by atoms with Gasteiger partial charge in [0.1, 0.15) is 48.5 Å². The van der Waals surface area contributed by atoms with Gasteiger partial charge in [0, 0.05) is 62.0 Å². The second-order valence-electron chi connectivity index (χ2n) is 20.0. The summed E-state index contributed by atoms with van der Waals surface area (Å²) in [7, 11) is 1.35. The molecule has 0 radical (unpaired) electrons. The average molecular weight is 1010 g/mol. The Morgan fingerprint density at radius 3 is 2.04 bits per heavy atom. The van der Waals surface area contributed by atoms with E-state index in [2.05, 4.69) is 0 Å². The molecule has 21 atom stereocenters. The SMILES string of the molecule is CO[C@@H]1C[C@@H](O[C@H]2C=C(C)[C@@H](O)[C@]3(O)[C@@H](OC(C)=O)[C@@H](O)C4=C(C(=O)c5ccc([C@H]6C[C@@H](O[C@H]7C[C@](C)(O)[C@H](O[C@H]8CC[C@H](OC(N)=O)[C@@H](C)O8)[C@@H](C)O7)[C@H](O)[C@@H](C)O6)c(O)c5C4=O)[C@]23O)O[C@@H](C)[C@H]1O. The molecule has 71 heavy (non-hydrogen) atoms. The summed E-state index contributed by atoms with van der Waals surface area (Å²) < 4.78 is 58.8. The van der Waals surface area contributed by atoms with E-state index in [0.717, 1.165) is 6.92 Å². The summed E-state index contributed by atoms with van der Waals surface area (Å²) in [5, 5.41) is 95.2. The van der Waals surface area contributed by atoms with E-state index in [1.165, 1.54) is 39.2 Å². The van der Waals surface area contributed by atoms with Crippen LogP contribution in [0.4, 0.5) is 4.79 Å². The zero-order chi connectivity index (χ0) is 52.0. The predicted octanol–water partition coefficient (Wildman–Crippen LogP) is -0.0910. The molecule has 394 valence electrons. The highest BCUT2D eigenvalue weighted by Gasteiger charge is 2.74. The van der Waals surface area contributed by atoms with Crippen molar-refractivity contribution in [2.75, 3.05) is 7.11 Å². The Hall–Kier alpha value is -4.02. The summed E-state index contributed by atoms with van der Waals surface area (Å²) in [6.07, 6.45) is -21.3. The first-order valence-electron chi connectivity index (χ1n) is 23.8. The van der Waals surface area contributed by atoms with Crippen molar-refractivity contribution in [3.8, 4) is 5.75 Å². The lowest BCUT2D eigenvalue weighted by Crippen LogP contribution is -2.80. The van der Waals surface area contributed by atoms with Gasteiger partial charge in [0.15, 0.2) is 47.7 Å². The smallest absolute Gasteiger partial charge is 0.404 e. The quantitative estimate of drug-likeness (QED) is 0.109. The molecular formula is C48H65NO22. The molecule has 1 aromatic carbocycles. The largest absolute Gasteiger partial charge is 0.507 e. The van der Waals surface area contributed by atoms with E-state index in [0.29, 0.717) is 12.8 Å². The van der Waals surface area contributed by atoms with Gasteiger partial charge >= 0.3 is 12.1 Å². The monoisotopic (exact) mass is 1010 g/mol. The van der Waals surface area contributed by atoms with Crippen molar-refractivity contribution >= 4 is 23.6 Å². The summed E-state index contributed by atoms with van der Waals surface area (Å²) in [5.41, 5.74) is -5.72. The molecule has 1 aromatic rings. The number of ether oxygens (including phenoxy) is 10. The number of hydrogen-bond acceptors (Lipinski definition) is 22. The van der Waals surface area contributed by atoms with E-state index in [1.54, 1.807) is 27.7 Å². The van der Waals surface area contributed by atoms with Gasteiger partial charge in [0.05, 0.1) is 53.9 Å². The number of aliphatic hydroxyl groups excluding tert-OH is 4. The molecule has 0 aromatic heterocycles. The van der Waals surface area contributed by atoms with E-state index in [1.807, 2.05) is 0 Å². The number of aromatic hydroxyl groups is 1. The molecule has 4 aliphatic heterocycles. The Kier molecular flexibility index (Phi) is 14.8. The number of esters is 1. The van der Waals surface area contributed by atoms with Crippen molar-refractivity contribution in [2.45, 2.75) is 208 Å². The Labute approximate surface area is 408 Å². The lowest BCUT2D eigenvalue weighted by atomic mass is 9.54. The van der Waals surface area contributed by atoms with Crippen LogP contribution < -0.4 is 5.73 Å². The van der Waals surface area contributed by atoms with E-state index in [-0.39, 0.29) is 30.4 Å². The maximum Gasteiger partial charge on any atom is 0.404 e. The zero-order valence-corrected chi connectivity index (χ0v) is 40.5. The number of phenols is 1. The summed E-state index contributed by atoms with van der Waals surface area (Å²) in [6.45, 7) is 10.3. The number of benzene rings is 1. The summed E-state index contributed by atoms with van der Waals surface area (Å²) in [4.78, 5) is 53.9. The fraction of sp³-hybridized carbons (Fsp3) is 0.708. The van der Waals surface area contributed by atoms with Crippen LogP contribution in [0.25, 0.3) is 0 Å². The normalized spacial score (nSPS) is 44.7. The Balaban J connectivity index is 1.07. The van der Waals surface area contributed by atoms with E-state index in [4.69, 9.17) is 53.1 Å². The number of primary amides is 1. The van der Waals surface area contributed by atoms with E-state index in [9.17, 15) is 60.0 Å². The van der Waals surface area contributed by atoms with Gasteiger partial charge in [-0.1, -0.05) is 12.1 Å². The first kappa shape index (κ1) is 53.3. The third kappa shape index (κ3) is 9.13. The summed E-state index contributed by atoms with van der Waals surface area (Å²) in [6, 6.07) is 2.46. The average Bonchev–Trinajstić information content (AvgIpc) is 3.28. The molecule has 0 saturated carbocycles. The van der Waals surface area contributed by atoms with Crippen LogP contribution in [-0.4, -0.2) is 193 Å². The van der Waals surface area contributed by atoms with Crippen molar-refractivity contribution in [3.63, 3.8) is 0 Å². The highest BCUT2D eigenvalue weighted by atomic mass is 16.7. The zero-order valence-electron chi connectivity index (χ0n) is 40.5. The second-order valence-corrected chi connectivity index (χ2v) is 20.0. The number of hydrogen-bond donors (Lipinski definition) is 9. The molecule has 4 heterocycles. The molecule has 10 N–H and O–H groups in total. The number of Topliss-reactive ketones (excluding diaryl/α,β-unsaturated/α-hetero) is 2. The fourth-order valence-electron chi connectivity index (χ4n) is 11.5. The van der Waals surface area contributed by atoms with Crippen LogP contribution in [0.2, 0.25) is 0 Å². The minimum atomic E-state index is -3.18. The number of amides is 1. The van der Waals surface area contributed by atoms with Crippen molar-refractivity contribution in [1.29, 1.82) is 0 Å². The van der Waals surface area contributed by atoms with Crippen LogP contribution in [0, 0.1) is 0 Å². The maximum atomic E-state index is 15.0. The van der Waals surface area contributed by atoms with Gasteiger partial charge < -0.3 is 94.0 Å². The molecule has 1 amide bonds. The van der Waals surface area contributed by atoms with Crippen LogP contribution in [0.3, 0.4) is 0 Å². The minimum Gasteiger partial charge on any atom is -0.507 e. The van der Waals surface area contributed by atoms with Crippen LogP contribution in [0.15, 0.2) is 34.9 Å². The van der Waals surface area contributed by atoms with Gasteiger partial charge in [0.25, 0.3) is 0 Å². The van der Waals surface area contributed by atoms with Crippen molar-refractivity contribution in [1.82, 2.24) is 0 Å². The van der Waals surface area contributed by atoms with Crippen molar-refractivity contribution in [3.05, 3.63) is 51.6 Å². The van der Waals surface area contributed by atoms with Crippen LogP contribution in [-0.2, 0) is 52.2 Å². The number of rotatable bonds is 10. The fourth-order valence-corrected chi connectivity index (χ4v) is 11.5. The molecule has 4 fully saturated rings. The Bertz CT molecular complexity index is 2320. The summed E-state index contributed by atoms with van der Waals surface area (Å²) >= 11 is 0. The maximum absolute atomic E-state index is 15.0. The number of carbonyl (C=O) groups excluding carboxylic acids is 4. The number of methoxy groups -OCH3 is 1. The highest BCUT2D eigenvalue weighted by Crippen LogP contribution is 2.56. The van der Waals surface area contributed by atoms with Crippen molar-refractivity contribution in [2.24, 2.45) is 5.73 Å². The van der Waals surface area contributed by atoms with E-state index >= 15 is 0 Å². The number of carbonyl (C=O) groups is 4. The number of ketones is 2. The molecular weight excluding hydrogens is 943 g/mol. The molecule has 7 aliphatic rings. The van der Waals surface area contributed by atoms with E-state index < -0.39 is 179 Å². The standard InChI is InChI=1S/C48H65NO22/c1-17-13-29(70-31-15-27(62-8)36(51)20(4)65-31)47(60)35-34(41(56)44(67-22(6)50)48(47,61)42(17)57)40(55)33-24(39(35)54)10-9-23(38(33)53)26-14-28(37(52)19(3)63-26)68-32-16-46(7,59)43(21(5)66-32)71-30-12-11-25(18(2)64-30)69-45(49)58/h9-10,13,18-21,25-32,36-37,41-44,51-53,56-57,59-61H,11-12,14-16H2,1-8H3,(H2,49,58)/t18-,19-,20+,21-,25+,26-,27-,28-,29+,30+,31-,32+,36-,37-,41+,42-,43-,44+,46+,47-,48+/m1/s1. The summed E-state index contributed by atoms with van der Waals surface area (Å²) in [5.74, 6) is -4.28. The highest BCUT2D eigenvalue weighted by molar-refractivity contribution is 6.29. The van der Waals surface area contributed by atoms with Crippen LogP contribution >= 0.6 is 0 Å².